The Morgan fingerprint density at radius 2 is 1.92 bits per heavy atom. The van der Waals surface area contributed by atoms with E-state index in [1.807, 2.05) is 30.3 Å². The summed E-state index contributed by atoms with van der Waals surface area (Å²) in [6.45, 7) is 0.238. The number of carbonyl (C=O) groups is 2. The summed E-state index contributed by atoms with van der Waals surface area (Å²) >= 11 is 0. The molecular weight excluding hydrogens is 336 g/mol. The van der Waals surface area contributed by atoms with E-state index in [1.165, 1.54) is 0 Å². The number of hydrogen-bond acceptors (Lipinski definition) is 6. The second-order valence-electron chi connectivity index (χ2n) is 5.22. The normalized spacial score (nSPS) is 12.4. The topological polar surface area (TPSA) is 136 Å². The van der Waals surface area contributed by atoms with E-state index in [4.69, 9.17) is 15.0 Å². The molecule has 0 aliphatic rings. The van der Waals surface area contributed by atoms with Crippen LogP contribution in [-0.2, 0) is 31.1 Å². The van der Waals surface area contributed by atoms with E-state index < -0.39 is 33.8 Å². The summed E-state index contributed by atoms with van der Waals surface area (Å²) in [6.07, 6.45) is 0.209. The molecule has 0 saturated carbocycles. The zero-order valence-electron chi connectivity index (χ0n) is 13.2. The highest BCUT2D eigenvalue weighted by Gasteiger charge is 2.15. The molecule has 0 spiro atoms. The second-order valence-corrected chi connectivity index (χ2v) is 6.79. The Morgan fingerprint density at radius 1 is 1.25 bits per heavy atom. The van der Waals surface area contributed by atoms with E-state index in [0.717, 1.165) is 5.56 Å². The van der Waals surface area contributed by atoms with Gasteiger partial charge in [-0.15, -0.1) is 0 Å². The number of rotatable bonds is 10. The molecule has 0 bridgehead atoms. The van der Waals surface area contributed by atoms with Gasteiger partial charge in [-0.25, -0.2) is 0 Å². The van der Waals surface area contributed by atoms with E-state index in [1.54, 1.807) is 0 Å². The minimum Gasteiger partial charge on any atom is -0.461 e. The SMILES string of the molecule is N[C@@H](CCC(=O)OCc1ccccc1)C(=O)NCCCS(=O)(=O)O. The Bertz CT molecular complexity index is 633. The van der Waals surface area contributed by atoms with Crippen molar-refractivity contribution in [1.29, 1.82) is 0 Å². The number of esters is 1. The molecular formula is C15H22N2O6S. The second kappa shape index (κ2) is 10.0. The van der Waals surface area contributed by atoms with Crippen LogP contribution in [0.4, 0.5) is 0 Å². The van der Waals surface area contributed by atoms with Gasteiger partial charge >= 0.3 is 5.97 Å². The van der Waals surface area contributed by atoms with Gasteiger partial charge in [0.25, 0.3) is 10.1 Å². The van der Waals surface area contributed by atoms with Crippen LogP contribution in [0.25, 0.3) is 0 Å². The molecule has 0 aliphatic carbocycles. The molecule has 1 aromatic carbocycles. The molecule has 0 saturated heterocycles. The molecule has 8 nitrogen and oxygen atoms in total. The van der Waals surface area contributed by atoms with Crippen molar-refractivity contribution >= 4 is 22.0 Å². The van der Waals surface area contributed by atoms with Gasteiger partial charge in [-0.3, -0.25) is 14.1 Å². The lowest BCUT2D eigenvalue weighted by Gasteiger charge is -2.12. The van der Waals surface area contributed by atoms with E-state index in [0.29, 0.717) is 0 Å². The fourth-order valence-corrected chi connectivity index (χ4v) is 2.32. The molecule has 0 aliphatic heterocycles. The Labute approximate surface area is 141 Å². The first kappa shape index (κ1) is 20.1. The van der Waals surface area contributed by atoms with Crippen molar-refractivity contribution in [2.45, 2.75) is 31.9 Å². The van der Waals surface area contributed by atoms with Crippen molar-refractivity contribution in [2.75, 3.05) is 12.3 Å². The molecule has 24 heavy (non-hydrogen) atoms. The average Bonchev–Trinajstić information content (AvgIpc) is 2.54. The highest BCUT2D eigenvalue weighted by Crippen LogP contribution is 2.04. The van der Waals surface area contributed by atoms with Crippen molar-refractivity contribution in [3.8, 4) is 0 Å². The monoisotopic (exact) mass is 358 g/mol. The Morgan fingerprint density at radius 3 is 2.54 bits per heavy atom. The van der Waals surface area contributed by atoms with Crippen LogP contribution in [0.3, 0.4) is 0 Å². The van der Waals surface area contributed by atoms with Gasteiger partial charge in [0.2, 0.25) is 5.91 Å². The zero-order valence-corrected chi connectivity index (χ0v) is 14.0. The molecule has 4 N–H and O–H groups in total. The lowest BCUT2D eigenvalue weighted by atomic mass is 10.1. The maximum atomic E-state index is 11.7. The van der Waals surface area contributed by atoms with Crippen molar-refractivity contribution in [2.24, 2.45) is 5.73 Å². The lowest BCUT2D eigenvalue weighted by molar-refractivity contribution is -0.145. The molecule has 0 unspecified atom stereocenters. The zero-order chi connectivity index (χ0) is 18.0. The highest BCUT2D eigenvalue weighted by molar-refractivity contribution is 7.85. The Balaban J connectivity index is 2.18. The minimum absolute atomic E-state index is 0.00639. The molecule has 1 rings (SSSR count). The molecule has 134 valence electrons. The van der Waals surface area contributed by atoms with Gasteiger partial charge in [0.05, 0.1) is 11.8 Å². The summed E-state index contributed by atoms with van der Waals surface area (Å²) in [5, 5.41) is 2.44. The third-order valence-corrected chi connectivity index (χ3v) is 3.92. The quantitative estimate of drug-likeness (QED) is 0.309. The average molecular weight is 358 g/mol. The fourth-order valence-electron chi connectivity index (χ4n) is 1.81. The maximum absolute atomic E-state index is 11.7. The number of nitrogens with two attached hydrogens (primary N) is 1. The summed E-state index contributed by atoms with van der Waals surface area (Å²) < 4.78 is 34.7. The van der Waals surface area contributed by atoms with Gasteiger partial charge in [-0.2, -0.15) is 8.42 Å². The highest BCUT2D eigenvalue weighted by atomic mass is 32.2. The van der Waals surface area contributed by atoms with E-state index in [-0.39, 0.29) is 32.4 Å². The molecule has 1 atom stereocenters. The first-order valence-electron chi connectivity index (χ1n) is 7.46. The van der Waals surface area contributed by atoms with Crippen LogP contribution in [0.2, 0.25) is 0 Å². The minimum atomic E-state index is -4.04. The maximum Gasteiger partial charge on any atom is 0.306 e. The molecule has 0 aromatic heterocycles. The standard InChI is InChI=1S/C15H22N2O6S/c16-13(15(19)17-9-4-10-24(20,21)22)7-8-14(18)23-11-12-5-2-1-3-6-12/h1-3,5-6,13H,4,7-11,16H2,(H,17,19)(H,20,21,22)/t13-/m0/s1. The van der Waals surface area contributed by atoms with Crippen LogP contribution in [0.1, 0.15) is 24.8 Å². The third kappa shape index (κ3) is 9.23. The predicted molar refractivity (Wildman–Crippen MR) is 87.5 cm³/mol. The molecule has 1 aromatic rings. The largest absolute Gasteiger partial charge is 0.461 e. The van der Waals surface area contributed by atoms with Gasteiger partial charge in [0.15, 0.2) is 0 Å². The fraction of sp³-hybridized carbons (Fsp3) is 0.467. The summed E-state index contributed by atoms with van der Waals surface area (Å²) in [5.74, 6) is -1.37. The Kier molecular flexibility index (Phi) is 8.37. The van der Waals surface area contributed by atoms with E-state index >= 15 is 0 Å². The van der Waals surface area contributed by atoms with Gasteiger partial charge in [-0.05, 0) is 18.4 Å². The number of hydrogen-bond donors (Lipinski definition) is 3. The van der Waals surface area contributed by atoms with Gasteiger partial charge in [0, 0.05) is 13.0 Å². The van der Waals surface area contributed by atoms with Gasteiger partial charge < -0.3 is 15.8 Å². The Hall–Kier alpha value is -1.97. The molecule has 1 amide bonds. The van der Waals surface area contributed by atoms with Crippen molar-refractivity contribution < 1.29 is 27.3 Å². The number of carbonyl (C=O) groups excluding carboxylic acids is 2. The smallest absolute Gasteiger partial charge is 0.306 e. The van der Waals surface area contributed by atoms with E-state index in [9.17, 15) is 18.0 Å². The molecule has 0 radical (unpaired) electrons. The van der Waals surface area contributed by atoms with Crippen molar-refractivity contribution in [3.63, 3.8) is 0 Å². The molecule has 0 fully saturated rings. The number of nitrogens with one attached hydrogen (secondary N) is 1. The summed E-state index contributed by atoms with van der Waals surface area (Å²) in [6, 6.07) is 8.31. The van der Waals surface area contributed by atoms with Gasteiger partial charge in [0.1, 0.15) is 6.61 Å². The van der Waals surface area contributed by atoms with Crippen molar-refractivity contribution in [1.82, 2.24) is 5.32 Å². The van der Waals surface area contributed by atoms with Crippen LogP contribution in [0, 0.1) is 0 Å². The van der Waals surface area contributed by atoms with Crippen LogP contribution in [0.5, 0.6) is 0 Å². The lowest BCUT2D eigenvalue weighted by Crippen LogP contribution is -2.41. The number of benzene rings is 1. The summed E-state index contributed by atoms with van der Waals surface area (Å²) in [7, 11) is -4.04. The summed E-state index contributed by atoms with van der Waals surface area (Å²) in [5.41, 5.74) is 6.52. The van der Waals surface area contributed by atoms with Crippen LogP contribution < -0.4 is 11.1 Å². The summed E-state index contributed by atoms with van der Waals surface area (Å²) in [4.78, 5) is 23.3. The third-order valence-electron chi connectivity index (χ3n) is 3.12. The van der Waals surface area contributed by atoms with Crippen molar-refractivity contribution in [3.05, 3.63) is 35.9 Å². The molecule has 0 heterocycles. The van der Waals surface area contributed by atoms with Crippen LogP contribution >= 0.6 is 0 Å². The number of amides is 1. The van der Waals surface area contributed by atoms with Crippen LogP contribution in [0.15, 0.2) is 30.3 Å². The predicted octanol–water partition coefficient (Wildman–Crippen LogP) is 0.231. The van der Waals surface area contributed by atoms with Crippen LogP contribution in [-0.4, -0.2) is 43.2 Å². The first-order chi connectivity index (χ1) is 11.3. The number of ether oxygens (including phenoxy) is 1. The molecule has 9 heteroatoms. The van der Waals surface area contributed by atoms with E-state index in [2.05, 4.69) is 5.32 Å². The first-order valence-corrected chi connectivity index (χ1v) is 9.07. The van der Waals surface area contributed by atoms with Gasteiger partial charge in [-0.1, -0.05) is 30.3 Å².